The van der Waals surface area contributed by atoms with Gasteiger partial charge in [-0.3, -0.25) is 4.90 Å². The van der Waals surface area contributed by atoms with Crippen LogP contribution in [0.5, 0.6) is 0 Å². The van der Waals surface area contributed by atoms with Crippen LogP contribution >= 0.6 is 0 Å². The zero-order valence-corrected chi connectivity index (χ0v) is 10.5. The molecule has 1 fully saturated rings. The molecule has 94 valence electrons. The van der Waals surface area contributed by atoms with Crippen LogP contribution in [0.3, 0.4) is 0 Å². The van der Waals surface area contributed by atoms with E-state index in [9.17, 15) is 4.39 Å². The molecular formula is C14H21FN2. The molecule has 0 radical (unpaired) electrons. The summed E-state index contributed by atoms with van der Waals surface area (Å²) in [6, 6.07) is 5.77. The highest BCUT2D eigenvalue weighted by atomic mass is 19.1. The van der Waals surface area contributed by atoms with Gasteiger partial charge in [0.05, 0.1) is 5.69 Å². The maximum Gasteiger partial charge on any atom is 0.146 e. The average Bonchev–Trinajstić information content (AvgIpc) is 2.35. The second kappa shape index (κ2) is 5.50. The fourth-order valence-electron chi connectivity index (χ4n) is 2.61. The van der Waals surface area contributed by atoms with Crippen LogP contribution < -0.4 is 5.73 Å². The minimum atomic E-state index is -0.306. The molecule has 0 aliphatic heterocycles. The normalized spacial score (nSPS) is 17.6. The Morgan fingerprint density at radius 1 is 1.29 bits per heavy atom. The SMILES string of the molecule is CN(Cc1ccc(N)c(F)c1)C1CCCCC1. The Labute approximate surface area is 103 Å². The fourth-order valence-corrected chi connectivity index (χ4v) is 2.61. The summed E-state index contributed by atoms with van der Waals surface area (Å²) in [5.41, 5.74) is 6.71. The fraction of sp³-hybridized carbons (Fsp3) is 0.571. The highest BCUT2D eigenvalue weighted by Crippen LogP contribution is 2.23. The van der Waals surface area contributed by atoms with Gasteiger partial charge in [0, 0.05) is 12.6 Å². The molecule has 2 nitrogen and oxygen atoms in total. The van der Waals surface area contributed by atoms with Crippen molar-refractivity contribution in [3.05, 3.63) is 29.6 Å². The van der Waals surface area contributed by atoms with Gasteiger partial charge in [0.2, 0.25) is 0 Å². The molecule has 1 aliphatic rings. The number of nitrogens with two attached hydrogens (primary N) is 1. The molecule has 0 atom stereocenters. The number of hydrogen-bond acceptors (Lipinski definition) is 2. The zero-order chi connectivity index (χ0) is 12.3. The van der Waals surface area contributed by atoms with Gasteiger partial charge < -0.3 is 5.73 Å². The standard InChI is InChI=1S/C14H21FN2/c1-17(12-5-3-2-4-6-12)10-11-7-8-14(16)13(15)9-11/h7-9,12H,2-6,10,16H2,1H3. The predicted octanol–water partition coefficient (Wildman–Crippen LogP) is 3.17. The second-order valence-electron chi connectivity index (χ2n) is 5.06. The summed E-state index contributed by atoms with van der Waals surface area (Å²) in [4.78, 5) is 2.34. The van der Waals surface area contributed by atoms with Crippen LogP contribution in [-0.4, -0.2) is 18.0 Å². The number of rotatable bonds is 3. The van der Waals surface area contributed by atoms with E-state index < -0.39 is 0 Å². The Hall–Kier alpha value is -1.09. The van der Waals surface area contributed by atoms with Crippen molar-refractivity contribution in [2.45, 2.75) is 44.7 Å². The van der Waals surface area contributed by atoms with E-state index in [4.69, 9.17) is 5.73 Å². The molecule has 0 unspecified atom stereocenters. The molecular weight excluding hydrogens is 215 g/mol. The zero-order valence-electron chi connectivity index (χ0n) is 10.5. The highest BCUT2D eigenvalue weighted by Gasteiger charge is 2.18. The lowest BCUT2D eigenvalue weighted by Gasteiger charge is -2.31. The van der Waals surface area contributed by atoms with Gasteiger partial charge in [-0.2, -0.15) is 0 Å². The van der Waals surface area contributed by atoms with Crippen molar-refractivity contribution < 1.29 is 4.39 Å². The third-order valence-corrected chi connectivity index (χ3v) is 3.69. The number of halogens is 1. The van der Waals surface area contributed by atoms with E-state index in [1.165, 1.54) is 32.1 Å². The van der Waals surface area contributed by atoms with Crippen LogP contribution in [0.25, 0.3) is 0 Å². The third kappa shape index (κ3) is 3.19. The lowest BCUT2D eigenvalue weighted by Crippen LogP contribution is -2.32. The van der Waals surface area contributed by atoms with Gasteiger partial charge in [0.1, 0.15) is 5.82 Å². The lowest BCUT2D eigenvalue weighted by atomic mass is 9.94. The Kier molecular flexibility index (Phi) is 4.00. The second-order valence-corrected chi connectivity index (χ2v) is 5.06. The highest BCUT2D eigenvalue weighted by molar-refractivity contribution is 5.41. The molecule has 1 aromatic carbocycles. The molecule has 0 heterocycles. The van der Waals surface area contributed by atoms with Crippen molar-refractivity contribution >= 4 is 5.69 Å². The maximum atomic E-state index is 13.3. The Morgan fingerprint density at radius 2 is 2.00 bits per heavy atom. The van der Waals surface area contributed by atoms with Crippen LogP contribution in [0.2, 0.25) is 0 Å². The van der Waals surface area contributed by atoms with Crippen LogP contribution in [0, 0.1) is 5.82 Å². The van der Waals surface area contributed by atoms with Crippen LogP contribution in [0.1, 0.15) is 37.7 Å². The number of nitrogen functional groups attached to an aromatic ring is 1. The average molecular weight is 236 g/mol. The number of benzene rings is 1. The van der Waals surface area contributed by atoms with Crippen LogP contribution in [-0.2, 0) is 6.54 Å². The molecule has 0 amide bonds. The molecule has 0 spiro atoms. The van der Waals surface area contributed by atoms with Crippen molar-refractivity contribution in [3.8, 4) is 0 Å². The number of anilines is 1. The first-order chi connectivity index (χ1) is 8.16. The van der Waals surface area contributed by atoms with E-state index >= 15 is 0 Å². The van der Waals surface area contributed by atoms with Crippen LogP contribution in [0.4, 0.5) is 10.1 Å². The van der Waals surface area contributed by atoms with Gasteiger partial charge in [0.25, 0.3) is 0 Å². The van der Waals surface area contributed by atoms with Gasteiger partial charge in [0.15, 0.2) is 0 Å². The van der Waals surface area contributed by atoms with Crippen LogP contribution in [0.15, 0.2) is 18.2 Å². The van der Waals surface area contributed by atoms with Crippen molar-refractivity contribution in [1.29, 1.82) is 0 Å². The molecule has 2 N–H and O–H groups in total. The monoisotopic (exact) mass is 236 g/mol. The van der Waals surface area contributed by atoms with E-state index in [0.717, 1.165) is 12.1 Å². The summed E-state index contributed by atoms with van der Waals surface area (Å²) >= 11 is 0. The van der Waals surface area contributed by atoms with Gasteiger partial charge in [-0.25, -0.2) is 4.39 Å². The molecule has 1 aromatic rings. The Morgan fingerprint density at radius 3 is 2.65 bits per heavy atom. The third-order valence-electron chi connectivity index (χ3n) is 3.69. The summed E-state index contributed by atoms with van der Waals surface area (Å²) in [6.45, 7) is 0.807. The van der Waals surface area contributed by atoms with E-state index in [-0.39, 0.29) is 11.5 Å². The number of hydrogen-bond donors (Lipinski definition) is 1. The molecule has 2 rings (SSSR count). The summed E-state index contributed by atoms with van der Waals surface area (Å²) < 4.78 is 13.3. The lowest BCUT2D eigenvalue weighted by molar-refractivity contribution is 0.184. The minimum Gasteiger partial charge on any atom is -0.396 e. The Bertz CT molecular complexity index is 372. The molecule has 0 saturated heterocycles. The topological polar surface area (TPSA) is 29.3 Å². The first kappa shape index (κ1) is 12.4. The first-order valence-electron chi connectivity index (χ1n) is 6.41. The predicted molar refractivity (Wildman–Crippen MR) is 69.2 cm³/mol. The minimum absolute atomic E-state index is 0.231. The summed E-state index contributed by atoms with van der Waals surface area (Å²) in [5.74, 6) is -0.306. The Balaban J connectivity index is 1.96. The molecule has 0 bridgehead atoms. The van der Waals surface area contributed by atoms with Gasteiger partial charge in [-0.15, -0.1) is 0 Å². The van der Waals surface area contributed by atoms with Gasteiger partial charge in [-0.1, -0.05) is 25.3 Å². The van der Waals surface area contributed by atoms with Gasteiger partial charge >= 0.3 is 0 Å². The largest absolute Gasteiger partial charge is 0.396 e. The smallest absolute Gasteiger partial charge is 0.146 e. The molecule has 0 aromatic heterocycles. The maximum absolute atomic E-state index is 13.3. The first-order valence-corrected chi connectivity index (χ1v) is 6.41. The van der Waals surface area contributed by atoms with Gasteiger partial charge in [-0.05, 0) is 37.6 Å². The van der Waals surface area contributed by atoms with E-state index in [0.29, 0.717) is 6.04 Å². The summed E-state index contributed by atoms with van der Waals surface area (Å²) in [6.07, 6.45) is 6.55. The summed E-state index contributed by atoms with van der Waals surface area (Å²) in [7, 11) is 2.13. The summed E-state index contributed by atoms with van der Waals surface area (Å²) in [5, 5.41) is 0. The van der Waals surface area contributed by atoms with Crippen molar-refractivity contribution in [3.63, 3.8) is 0 Å². The number of nitrogens with zero attached hydrogens (tertiary/aromatic N) is 1. The van der Waals surface area contributed by atoms with E-state index in [2.05, 4.69) is 11.9 Å². The molecule has 1 aliphatic carbocycles. The molecule has 3 heteroatoms. The van der Waals surface area contributed by atoms with Crippen molar-refractivity contribution in [2.24, 2.45) is 0 Å². The van der Waals surface area contributed by atoms with E-state index in [1.54, 1.807) is 12.1 Å². The molecule has 17 heavy (non-hydrogen) atoms. The quantitative estimate of drug-likeness (QED) is 0.817. The van der Waals surface area contributed by atoms with Crippen molar-refractivity contribution in [1.82, 2.24) is 4.90 Å². The van der Waals surface area contributed by atoms with Crippen molar-refractivity contribution in [2.75, 3.05) is 12.8 Å². The molecule has 1 saturated carbocycles. The van der Waals surface area contributed by atoms with E-state index in [1.807, 2.05) is 6.07 Å².